The summed E-state index contributed by atoms with van der Waals surface area (Å²) in [5, 5.41) is 8.71. The monoisotopic (exact) mass is 336 g/mol. The Labute approximate surface area is 126 Å². The molecule has 118 valence electrons. The Balaban J connectivity index is 2.14. The van der Waals surface area contributed by atoms with Gasteiger partial charge in [-0.05, 0) is 37.4 Å². The first kappa shape index (κ1) is 16.7. The molecule has 2 aliphatic carbocycles. The Bertz CT molecular complexity index is 505. The maximum Gasteiger partial charge on any atom is 0.192 e. The Morgan fingerprint density at radius 3 is 2.20 bits per heavy atom. The fourth-order valence-electron chi connectivity index (χ4n) is 2.56. The fourth-order valence-corrected chi connectivity index (χ4v) is 10.2. The van der Waals surface area contributed by atoms with E-state index < -0.39 is 28.1 Å². The lowest BCUT2D eigenvalue weighted by molar-refractivity contribution is 0.236. The van der Waals surface area contributed by atoms with Gasteiger partial charge in [0, 0.05) is 10.2 Å². The van der Waals surface area contributed by atoms with Crippen LogP contribution in [0.3, 0.4) is 0 Å². The van der Waals surface area contributed by atoms with Crippen molar-refractivity contribution in [1.29, 1.82) is 0 Å². The summed E-state index contributed by atoms with van der Waals surface area (Å²) in [6, 6.07) is 0. The van der Waals surface area contributed by atoms with Gasteiger partial charge in [-0.1, -0.05) is 20.8 Å². The molecule has 0 heterocycles. The van der Waals surface area contributed by atoms with E-state index in [0.29, 0.717) is 19.3 Å². The van der Waals surface area contributed by atoms with Crippen molar-refractivity contribution < 1.29 is 18.0 Å². The summed E-state index contributed by atoms with van der Waals surface area (Å²) in [6.45, 7) is 10.6. The van der Waals surface area contributed by atoms with Crippen LogP contribution < -0.4 is 0 Å². The minimum atomic E-state index is -3.25. The third kappa shape index (κ3) is 2.45. The molecule has 0 spiro atoms. The van der Waals surface area contributed by atoms with Crippen molar-refractivity contribution in [2.45, 2.75) is 73.4 Å². The summed E-state index contributed by atoms with van der Waals surface area (Å²) in [5.41, 5.74) is 0. The molecule has 2 rings (SSSR count). The molecule has 4 nitrogen and oxygen atoms in total. The number of aliphatic hydroxyl groups excluding tert-OH is 1. The number of hydrogen-bond donors (Lipinski definition) is 1. The molecule has 0 aromatic heterocycles. The van der Waals surface area contributed by atoms with Crippen molar-refractivity contribution in [3.8, 4) is 0 Å². The van der Waals surface area contributed by atoms with Gasteiger partial charge >= 0.3 is 0 Å². The molecule has 1 N–H and O–H groups in total. The van der Waals surface area contributed by atoms with Gasteiger partial charge in [0.05, 0.1) is 21.8 Å². The van der Waals surface area contributed by atoms with E-state index in [4.69, 9.17) is 4.43 Å². The highest BCUT2D eigenvalue weighted by Gasteiger charge is 2.68. The molecule has 2 atom stereocenters. The van der Waals surface area contributed by atoms with Gasteiger partial charge in [-0.15, -0.1) is 0 Å². The second-order valence-corrected chi connectivity index (χ2v) is 17.2. The summed E-state index contributed by atoms with van der Waals surface area (Å²) in [7, 11) is -4.45. The molecule has 2 unspecified atom stereocenters. The van der Waals surface area contributed by atoms with Crippen molar-refractivity contribution in [1.82, 2.24) is 0 Å². The smallest absolute Gasteiger partial charge is 0.192 e. The first-order valence-electron chi connectivity index (χ1n) is 7.36. The van der Waals surface area contributed by atoms with Crippen LogP contribution in [0.5, 0.6) is 0 Å². The predicted molar refractivity (Wildman–Crippen MR) is 87.3 cm³/mol. The zero-order chi connectivity index (χ0) is 15.6. The van der Waals surface area contributed by atoms with Crippen molar-refractivity contribution in [2.24, 2.45) is 0 Å². The molecule has 2 fully saturated rings. The third-order valence-corrected chi connectivity index (χ3v) is 15.4. The van der Waals surface area contributed by atoms with E-state index in [9.17, 15) is 13.5 Å². The normalized spacial score (nSPS) is 33.2. The summed E-state index contributed by atoms with van der Waals surface area (Å²) in [6.07, 6.45) is 1.86. The number of aliphatic hydroxyl groups is 1. The first-order chi connectivity index (χ1) is 8.81. The highest BCUT2D eigenvalue weighted by Crippen LogP contribution is 2.56. The number of rotatable bonds is 5. The minimum absolute atomic E-state index is 0.0928. The molecule has 2 aliphatic rings. The van der Waals surface area contributed by atoms with Crippen LogP contribution in [0.1, 0.15) is 40.0 Å². The molecule has 0 aliphatic heterocycles. The van der Waals surface area contributed by atoms with Crippen LogP contribution in [0.2, 0.25) is 18.1 Å². The number of sulfone groups is 1. The summed E-state index contributed by atoms with van der Waals surface area (Å²) in [5.74, 6) is 0. The first-order valence-corrected chi connectivity index (χ1v) is 12.8. The van der Waals surface area contributed by atoms with Gasteiger partial charge in [-0.25, -0.2) is 8.42 Å². The van der Waals surface area contributed by atoms with E-state index in [2.05, 4.69) is 33.9 Å². The molecule has 0 bridgehead atoms. The molecule has 0 aromatic rings. The topological polar surface area (TPSA) is 63.6 Å². The Kier molecular flexibility index (Phi) is 3.67. The average Bonchev–Trinajstić information content (AvgIpc) is 3.11. The lowest BCUT2D eigenvalue weighted by Gasteiger charge is -2.39. The second kappa shape index (κ2) is 4.41. The van der Waals surface area contributed by atoms with Gasteiger partial charge < -0.3 is 9.53 Å². The highest BCUT2D eigenvalue weighted by atomic mass is 32.2. The lowest BCUT2D eigenvalue weighted by Crippen LogP contribution is -2.47. The van der Waals surface area contributed by atoms with Crippen LogP contribution in [0, 0.1) is 0 Å². The molecule has 0 radical (unpaired) electrons. The second-order valence-electron chi connectivity index (χ2n) is 8.25. The van der Waals surface area contributed by atoms with Crippen molar-refractivity contribution >= 4 is 28.4 Å². The maximum atomic E-state index is 12.7. The SMILES string of the molecule is CC(C)(C)[Si](C)(C)OC1([SiH3])CC1S(=O)(=O)C1(CO)CC1. The van der Waals surface area contributed by atoms with Crippen LogP contribution >= 0.6 is 0 Å². The van der Waals surface area contributed by atoms with Crippen LogP contribution in [0.4, 0.5) is 0 Å². The summed E-state index contributed by atoms with van der Waals surface area (Å²) in [4.78, 5) is 0. The fraction of sp³-hybridized carbons (Fsp3) is 1.00. The highest BCUT2D eigenvalue weighted by molar-refractivity contribution is 7.94. The van der Waals surface area contributed by atoms with E-state index in [1.165, 1.54) is 0 Å². The van der Waals surface area contributed by atoms with Crippen molar-refractivity contribution in [2.75, 3.05) is 6.61 Å². The minimum Gasteiger partial charge on any atom is -0.414 e. The predicted octanol–water partition coefficient (Wildman–Crippen LogP) is 0.782. The van der Waals surface area contributed by atoms with Crippen LogP contribution in [0.15, 0.2) is 0 Å². The van der Waals surface area contributed by atoms with Crippen LogP contribution in [0.25, 0.3) is 0 Å². The van der Waals surface area contributed by atoms with E-state index in [-0.39, 0.29) is 16.9 Å². The molecule has 0 amide bonds. The molecular formula is C13H28O4SSi2. The third-order valence-electron chi connectivity index (χ3n) is 5.48. The van der Waals surface area contributed by atoms with Crippen molar-refractivity contribution in [3.05, 3.63) is 0 Å². The maximum absolute atomic E-state index is 12.7. The van der Waals surface area contributed by atoms with Crippen molar-refractivity contribution in [3.63, 3.8) is 0 Å². The Morgan fingerprint density at radius 2 is 1.85 bits per heavy atom. The Morgan fingerprint density at radius 1 is 1.35 bits per heavy atom. The summed E-state index contributed by atoms with van der Waals surface area (Å²) >= 11 is 0. The zero-order valence-corrected chi connectivity index (χ0v) is 17.3. The van der Waals surface area contributed by atoms with Crippen LogP contribution in [-0.4, -0.2) is 53.9 Å². The quantitative estimate of drug-likeness (QED) is 0.754. The lowest BCUT2D eigenvalue weighted by atomic mass is 10.2. The van der Waals surface area contributed by atoms with E-state index >= 15 is 0 Å². The largest absolute Gasteiger partial charge is 0.414 e. The zero-order valence-electron chi connectivity index (χ0n) is 13.5. The van der Waals surface area contributed by atoms with Gasteiger partial charge in [0.1, 0.15) is 0 Å². The number of hydrogen-bond acceptors (Lipinski definition) is 4. The van der Waals surface area contributed by atoms with Crippen LogP contribution in [-0.2, 0) is 14.3 Å². The molecule has 20 heavy (non-hydrogen) atoms. The molecule has 0 aromatic carbocycles. The Hall–Kier alpha value is 0.304. The van der Waals surface area contributed by atoms with Gasteiger partial charge in [-0.3, -0.25) is 0 Å². The molecule has 0 saturated heterocycles. The molecular weight excluding hydrogens is 308 g/mol. The van der Waals surface area contributed by atoms with E-state index in [1.54, 1.807) is 0 Å². The summed E-state index contributed by atoms with van der Waals surface area (Å²) < 4.78 is 30.9. The van der Waals surface area contributed by atoms with Gasteiger partial charge in [0.2, 0.25) is 0 Å². The van der Waals surface area contributed by atoms with Gasteiger partial charge in [-0.2, -0.15) is 0 Å². The van der Waals surface area contributed by atoms with Gasteiger partial charge in [0.15, 0.2) is 18.2 Å². The standard InChI is InChI=1S/C13H28O4SSi2/c1-11(2,3)20(4,5)17-13(19)8-10(13)18(15,16)12(9-14)6-7-12/h10,14H,6-9H2,1-5,19H3. The molecule has 7 heteroatoms. The van der Waals surface area contributed by atoms with E-state index in [1.807, 2.05) is 0 Å². The average molecular weight is 337 g/mol. The molecule has 2 saturated carbocycles. The van der Waals surface area contributed by atoms with Gasteiger partial charge in [0.25, 0.3) is 0 Å². The van der Waals surface area contributed by atoms with E-state index in [0.717, 1.165) is 10.2 Å².